The Morgan fingerprint density at radius 1 is 1.03 bits per heavy atom. The molecule has 6 heteroatoms. The predicted octanol–water partition coefficient (Wildman–Crippen LogP) is 7.58. The molecule has 0 radical (unpaired) electrons. The zero-order valence-corrected chi connectivity index (χ0v) is 23.0. The molecule has 1 atom stereocenters. The molecule has 1 amide bonds. The lowest BCUT2D eigenvalue weighted by Crippen LogP contribution is -2.28. The molecule has 0 spiro atoms. The van der Waals surface area contributed by atoms with Crippen molar-refractivity contribution >= 4 is 32.9 Å². The fourth-order valence-corrected chi connectivity index (χ4v) is 4.83. The smallest absolute Gasteiger partial charge is 0.251 e. The fraction of sp³-hybridized carbons (Fsp3) is 0.333. The largest absolute Gasteiger partial charge is 0.493 e. The molecule has 4 rings (SSSR count). The molecule has 0 saturated heterocycles. The summed E-state index contributed by atoms with van der Waals surface area (Å²) in [5.74, 6) is 2.16. The highest BCUT2D eigenvalue weighted by Gasteiger charge is 2.19. The van der Waals surface area contributed by atoms with E-state index in [4.69, 9.17) is 9.72 Å². The molecule has 0 aliphatic heterocycles. The van der Waals surface area contributed by atoms with Crippen molar-refractivity contribution in [2.45, 2.75) is 59.0 Å². The van der Waals surface area contributed by atoms with Gasteiger partial charge in [0.2, 0.25) is 0 Å². The van der Waals surface area contributed by atoms with Crippen molar-refractivity contribution in [3.05, 3.63) is 93.7 Å². The molecular weight excluding hydrogens is 514 g/mol. The Morgan fingerprint density at radius 3 is 2.61 bits per heavy atom. The predicted molar refractivity (Wildman–Crippen MR) is 150 cm³/mol. The van der Waals surface area contributed by atoms with Crippen LogP contribution in [0.3, 0.4) is 0 Å². The maximum absolute atomic E-state index is 12.9. The van der Waals surface area contributed by atoms with Crippen molar-refractivity contribution in [3.8, 4) is 5.75 Å². The zero-order valence-electron chi connectivity index (χ0n) is 21.4. The number of imidazole rings is 1. The second-order valence-electron chi connectivity index (χ2n) is 9.57. The highest BCUT2D eigenvalue weighted by molar-refractivity contribution is 9.10. The lowest BCUT2D eigenvalue weighted by Gasteiger charge is -2.17. The minimum Gasteiger partial charge on any atom is -0.493 e. The van der Waals surface area contributed by atoms with E-state index < -0.39 is 0 Å². The monoisotopic (exact) mass is 547 g/mol. The van der Waals surface area contributed by atoms with E-state index >= 15 is 0 Å². The standard InChI is InChI=1S/C30H34BrN3O2/c1-20(2)25-15-14-21(3)18-28(25)36-17-8-7-16-34-27-13-6-5-12-26(27)33-29(34)22(4)32-30(35)23-10-9-11-24(31)19-23/h5-6,9-15,18-20,22H,7-8,16-17H2,1-4H3,(H,32,35). The van der Waals surface area contributed by atoms with E-state index in [2.05, 4.69) is 70.9 Å². The summed E-state index contributed by atoms with van der Waals surface area (Å²) in [6, 6.07) is 21.8. The van der Waals surface area contributed by atoms with Crippen LogP contribution in [0.4, 0.5) is 0 Å². The van der Waals surface area contributed by atoms with Crippen LogP contribution in [0.25, 0.3) is 11.0 Å². The Morgan fingerprint density at radius 2 is 1.83 bits per heavy atom. The average Bonchev–Trinajstić information content (AvgIpc) is 3.22. The molecule has 1 N–H and O–H groups in total. The van der Waals surface area contributed by atoms with E-state index in [1.807, 2.05) is 49.4 Å². The van der Waals surface area contributed by atoms with Gasteiger partial charge in [0.25, 0.3) is 5.91 Å². The molecular formula is C30H34BrN3O2. The summed E-state index contributed by atoms with van der Waals surface area (Å²) in [5.41, 5.74) is 5.10. The molecule has 0 saturated carbocycles. The Kier molecular flexibility index (Phi) is 8.47. The van der Waals surface area contributed by atoms with Gasteiger partial charge in [0.05, 0.1) is 23.7 Å². The van der Waals surface area contributed by atoms with E-state index in [9.17, 15) is 4.79 Å². The van der Waals surface area contributed by atoms with Gasteiger partial charge in [-0.25, -0.2) is 4.98 Å². The van der Waals surface area contributed by atoms with Crippen LogP contribution in [0, 0.1) is 6.92 Å². The minimum atomic E-state index is -0.235. The Balaban J connectivity index is 1.43. The number of carbonyl (C=O) groups excluding carboxylic acids is 1. The molecule has 1 heterocycles. The molecule has 5 nitrogen and oxygen atoms in total. The molecule has 1 unspecified atom stereocenters. The summed E-state index contributed by atoms with van der Waals surface area (Å²) < 4.78 is 9.30. The maximum atomic E-state index is 12.9. The molecule has 0 aliphatic carbocycles. The summed E-state index contributed by atoms with van der Waals surface area (Å²) in [4.78, 5) is 17.7. The number of aromatic nitrogens is 2. The van der Waals surface area contributed by atoms with E-state index in [1.54, 1.807) is 0 Å². The molecule has 1 aromatic heterocycles. The van der Waals surface area contributed by atoms with Gasteiger partial charge in [-0.05, 0) is 80.1 Å². The van der Waals surface area contributed by atoms with Crippen molar-refractivity contribution < 1.29 is 9.53 Å². The van der Waals surface area contributed by atoms with Crippen LogP contribution >= 0.6 is 15.9 Å². The van der Waals surface area contributed by atoms with Crippen molar-refractivity contribution in [1.29, 1.82) is 0 Å². The van der Waals surface area contributed by atoms with Gasteiger partial charge in [-0.15, -0.1) is 0 Å². The number of hydrogen-bond donors (Lipinski definition) is 1. The van der Waals surface area contributed by atoms with Crippen molar-refractivity contribution in [3.63, 3.8) is 0 Å². The minimum absolute atomic E-state index is 0.116. The third-order valence-corrected chi connectivity index (χ3v) is 6.82. The summed E-state index contributed by atoms with van der Waals surface area (Å²) >= 11 is 3.44. The first kappa shape index (κ1) is 26.0. The Bertz CT molecular complexity index is 1350. The van der Waals surface area contributed by atoms with Crippen LogP contribution < -0.4 is 10.1 Å². The maximum Gasteiger partial charge on any atom is 0.251 e. The average molecular weight is 549 g/mol. The van der Waals surface area contributed by atoms with Crippen LogP contribution in [0.2, 0.25) is 0 Å². The van der Waals surface area contributed by atoms with Gasteiger partial charge in [-0.3, -0.25) is 4.79 Å². The molecule has 3 aromatic carbocycles. The summed E-state index contributed by atoms with van der Waals surface area (Å²) in [7, 11) is 0. The van der Waals surface area contributed by atoms with Crippen LogP contribution in [0.1, 0.15) is 72.9 Å². The van der Waals surface area contributed by atoms with Crippen molar-refractivity contribution in [2.24, 2.45) is 0 Å². The third-order valence-electron chi connectivity index (χ3n) is 6.33. The fourth-order valence-electron chi connectivity index (χ4n) is 4.43. The number of unbranched alkanes of at least 4 members (excludes halogenated alkanes) is 1. The lowest BCUT2D eigenvalue weighted by molar-refractivity contribution is 0.0937. The van der Waals surface area contributed by atoms with Gasteiger partial charge < -0.3 is 14.6 Å². The van der Waals surface area contributed by atoms with Crippen molar-refractivity contribution in [2.75, 3.05) is 6.61 Å². The molecule has 188 valence electrons. The molecule has 0 fully saturated rings. The van der Waals surface area contributed by atoms with Gasteiger partial charge >= 0.3 is 0 Å². The van der Waals surface area contributed by atoms with E-state index in [-0.39, 0.29) is 11.9 Å². The van der Waals surface area contributed by atoms with Crippen LogP contribution in [0.15, 0.2) is 71.2 Å². The number of para-hydroxylation sites is 2. The van der Waals surface area contributed by atoms with E-state index in [1.165, 1.54) is 11.1 Å². The van der Waals surface area contributed by atoms with Gasteiger partial charge in [0.15, 0.2) is 0 Å². The summed E-state index contributed by atoms with van der Waals surface area (Å²) in [6.45, 7) is 9.95. The zero-order chi connectivity index (χ0) is 25.7. The van der Waals surface area contributed by atoms with Crippen LogP contribution in [-0.2, 0) is 6.54 Å². The number of hydrogen-bond acceptors (Lipinski definition) is 3. The number of carbonyl (C=O) groups is 1. The molecule has 0 bridgehead atoms. The first-order chi connectivity index (χ1) is 17.3. The SMILES string of the molecule is Cc1ccc(C(C)C)c(OCCCCn2c(C(C)NC(=O)c3cccc(Br)c3)nc3ccccc32)c1. The van der Waals surface area contributed by atoms with Crippen LogP contribution in [0.5, 0.6) is 5.75 Å². The number of rotatable bonds is 10. The Labute approximate surface area is 222 Å². The number of halogens is 1. The highest BCUT2D eigenvalue weighted by atomic mass is 79.9. The number of nitrogens with zero attached hydrogens (tertiary/aromatic N) is 2. The molecule has 0 aliphatic rings. The van der Waals surface area contributed by atoms with Gasteiger partial charge in [-0.1, -0.05) is 60.1 Å². The summed E-state index contributed by atoms with van der Waals surface area (Å²) in [5, 5.41) is 3.12. The molecule has 36 heavy (non-hydrogen) atoms. The van der Waals surface area contributed by atoms with Gasteiger partial charge in [0.1, 0.15) is 11.6 Å². The first-order valence-corrected chi connectivity index (χ1v) is 13.4. The lowest BCUT2D eigenvalue weighted by atomic mass is 10.0. The summed E-state index contributed by atoms with van der Waals surface area (Å²) in [6.07, 6.45) is 1.87. The van der Waals surface area contributed by atoms with Gasteiger partial charge in [-0.2, -0.15) is 0 Å². The topological polar surface area (TPSA) is 56.1 Å². The number of nitrogens with one attached hydrogen (secondary N) is 1. The quantitative estimate of drug-likeness (QED) is 0.208. The van der Waals surface area contributed by atoms with E-state index in [0.717, 1.165) is 46.5 Å². The van der Waals surface area contributed by atoms with E-state index in [0.29, 0.717) is 18.1 Å². The number of ether oxygens (including phenoxy) is 1. The number of amides is 1. The highest BCUT2D eigenvalue weighted by Crippen LogP contribution is 2.28. The third kappa shape index (κ3) is 6.16. The first-order valence-electron chi connectivity index (χ1n) is 12.6. The van der Waals surface area contributed by atoms with Gasteiger partial charge in [0, 0.05) is 16.6 Å². The molecule has 4 aromatic rings. The Hall–Kier alpha value is -3.12. The number of aryl methyl sites for hydroxylation is 2. The second kappa shape index (κ2) is 11.7. The number of benzene rings is 3. The second-order valence-corrected chi connectivity index (χ2v) is 10.5. The van der Waals surface area contributed by atoms with Crippen LogP contribution in [-0.4, -0.2) is 22.1 Å². The normalized spacial score (nSPS) is 12.2. The number of fused-ring (bicyclic) bond motifs is 1. The van der Waals surface area contributed by atoms with Crippen molar-refractivity contribution in [1.82, 2.24) is 14.9 Å².